The molecule has 0 spiro atoms. The van der Waals surface area contributed by atoms with Crippen LogP contribution < -0.4 is 10.0 Å². The average Bonchev–Trinajstić information content (AvgIpc) is 2.82. The molecule has 0 bridgehead atoms. The fourth-order valence-corrected chi connectivity index (χ4v) is 3.93. The molecular formula is C12H25N3O2S. The highest BCUT2D eigenvalue weighted by Gasteiger charge is 2.26. The van der Waals surface area contributed by atoms with Crippen LogP contribution >= 0.6 is 0 Å². The summed E-state index contributed by atoms with van der Waals surface area (Å²) in [6.07, 6.45) is 5.23. The van der Waals surface area contributed by atoms with Crippen molar-refractivity contribution in [3.8, 4) is 0 Å². The lowest BCUT2D eigenvalue weighted by Crippen LogP contribution is -2.45. The first-order valence-electron chi connectivity index (χ1n) is 7.06. The zero-order valence-corrected chi connectivity index (χ0v) is 12.0. The van der Waals surface area contributed by atoms with Gasteiger partial charge in [0.2, 0.25) is 0 Å². The van der Waals surface area contributed by atoms with Crippen LogP contribution in [0.15, 0.2) is 0 Å². The summed E-state index contributed by atoms with van der Waals surface area (Å²) in [5.41, 5.74) is 0. The molecule has 6 heteroatoms. The number of hydrogen-bond acceptors (Lipinski definition) is 3. The third-order valence-corrected chi connectivity index (χ3v) is 5.64. The van der Waals surface area contributed by atoms with Crippen molar-refractivity contribution in [2.24, 2.45) is 5.92 Å². The molecule has 0 unspecified atom stereocenters. The summed E-state index contributed by atoms with van der Waals surface area (Å²) in [6, 6.07) is 0.495. The molecule has 2 aliphatic heterocycles. The van der Waals surface area contributed by atoms with E-state index >= 15 is 0 Å². The molecule has 2 N–H and O–H groups in total. The smallest absolute Gasteiger partial charge is 0.279 e. The van der Waals surface area contributed by atoms with Crippen molar-refractivity contribution in [3.63, 3.8) is 0 Å². The van der Waals surface area contributed by atoms with Crippen molar-refractivity contribution in [2.75, 3.05) is 26.2 Å². The van der Waals surface area contributed by atoms with Crippen LogP contribution in [0.2, 0.25) is 0 Å². The third kappa shape index (κ3) is 3.91. The largest absolute Gasteiger partial charge is 0.314 e. The zero-order valence-electron chi connectivity index (χ0n) is 11.2. The van der Waals surface area contributed by atoms with E-state index in [4.69, 9.17) is 0 Å². The first-order chi connectivity index (χ1) is 8.58. The highest BCUT2D eigenvalue weighted by Crippen LogP contribution is 2.18. The maximum Gasteiger partial charge on any atom is 0.279 e. The van der Waals surface area contributed by atoms with Gasteiger partial charge in [-0.05, 0) is 44.6 Å². The van der Waals surface area contributed by atoms with Crippen LogP contribution in [0, 0.1) is 5.92 Å². The second kappa shape index (κ2) is 6.32. The van der Waals surface area contributed by atoms with E-state index in [0.717, 1.165) is 25.8 Å². The zero-order chi connectivity index (χ0) is 13.0. The Hall–Kier alpha value is -0.170. The van der Waals surface area contributed by atoms with Crippen molar-refractivity contribution < 1.29 is 8.42 Å². The maximum absolute atomic E-state index is 12.1. The second-order valence-electron chi connectivity index (χ2n) is 5.56. The lowest BCUT2D eigenvalue weighted by Gasteiger charge is -2.29. The fraction of sp³-hybridized carbons (Fsp3) is 1.00. The van der Waals surface area contributed by atoms with E-state index in [2.05, 4.69) is 17.0 Å². The van der Waals surface area contributed by atoms with Gasteiger partial charge in [-0.3, -0.25) is 0 Å². The van der Waals surface area contributed by atoms with Crippen LogP contribution in [0.5, 0.6) is 0 Å². The van der Waals surface area contributed by atoms with E-state index in [1.807, 2.05) is 0 Å². The molecule has 0 aromatic heterocycles. The van der Waals surface area contributed by atoms with E-state index in [1.165, 1.54) is 12.8 Å². The predicted octanol–water partition coefficient (Wildman–Crippen LogP) is 0.695. The molecule has 0 aromatic rings. The van der Waals surface area contributed by atoms with E-state index in [-0.39, 0.29) is 0 Å². The molecule has 2 aliphatic rings. The molecular weight excluding hydrogens is 250 g/mol. The molecule has 2 saturated heterocycles. The highest BCUT2D eigenvalue weighted by atomic mass is 32.2. The predicted molar refractivity (Wildman–Crippen MR) is 72.5 cm³/mol. The van der Waals surface area contributed by atoms with Gasteiger partial charge in [0.1, 0.15) is 0 Å². The minimum atomic E-state index is -3.24. The highest BCUT2D eigenvalue weighted by molar-refractivity contribution is 7.87. The number of hydrogen-bond donors (Lipinski definition) is 2. The van der Waals surface area contributed by atoms with Gasteiger partial charge in [0.05, 0.1) is 0 Å². The molecule has 0 aliphatic carbocycles. The minimum Gasteiger partial charge on any atom is -0.314 e. The van der Waals surface area contributed by atoms with Gasteiger partial charge in [0.25, 0.3) is 10.2 Å². The Balaban J connectivity index is 1.72. The molecule has 2 fully saturated rings. The molecule has 0 amide bonds. The molecule has 0 radical (unpaired) electrons. The molecule has 5 nitrogen and oxygen atoms in total. The van der Waals surface area contributed by atoms with Crippen LogP contribution in [0.4, 0.5) is 0 Å². The minimum absolute atomic E-state index is 0.495. The maximum atomic E-state index is 12.1. The van der Waals surface area contributed by atoms with Gasteiger partial charge in [-0.15, -0.1) is 0 Å². The van der Waals surface area contributed by atoms with Crippen molar-refractivity contribution in [3.05, 3.63) is 0 Å². The fourth-order valence-electron chi connectivity index (χ4n) is 2.68. The van der Waals surface area contributed by atoms with Crippen molar-refractivity contribution in [2.45, 2.75) is 45.1 Å². The van der Waals surface area contributed by atoms with Crippen molar-refractivity contribution in [1.82, 2.24) is 14.3 Å². The normalized spacial score (nSPS) is 27.7. The second-order valence-corrected chi connectivity index (χ2v) is 7.32. The lowest BCUT2D eigenvalue weighted by molar-refractivity contribution is 0.285. The van der Waals surface area contributed by atoms with E-state index < -0.39 is 10.2 Å². The van der Waals surface area contributed by atoms with Crippen molar-refractivity contribution in [1.29, 1.82) is 0 Å². The first-order valence-corrected chi connectivity index (χ1v) is 8.50. The van der Waals surface area contributed by atoms with E-state index in [0.29, 0.717) is 31.6 Å². The first kappa shape index (κ1) is 14.2. The van der Waals surface area contributed by atoms with E-state index in [1.54, 1.807) is 4.31 Å². The third-order valence-electron chi connectivity index (χ3n) is 4.02. The van der Waals surface area contributed by atoms with Crippen LogP contribution in [0.3, 0.4) is 0 Å². The van der Waals surface area contributed by atoms with Gasteiger partial charge >= 0.3 is 0 Å². The van der Waals surface area contributed by atoms with Crippen LogP contribution in [-0.4, -0.2) is 44.9 Å². The molecule has 0 aromatic carbocycles. The van der Waals surface area contributed by atoms with Gasteiger partial charge in [0, 0.05) is 25.7 Å². The molecule has 106 valence electrons. The Morgan fingerprint density at radius 1 is 1.28 bits per heavy atom. The standard InChI is InChI=1S/C12H25N3O2S/c1-11-5-9-15(10-6-11)18(16,17)14-8-4-12-3-2-7-13-12/h11-14H,2-10H2,1H3/t12-/m0/s1. The average molecular weight is 275 g/mol. The van der Waals surface area contributed by atoms with Gasteiger partial charge in [-0.1, -0.05) is 6.92 Å². The van der Waals surface area contributed by atoms with Gasteiger partial charge < -0.3 is 5.32 Å². The number of rotatable bonds is 5. The number of nitrogens with zero attached hydrogens (tertiary/aromatic N) is 1. The Morgan fingerprint density at radius 2 is 2.00 bits per heavy atom. The molecule has 2 rings (SSSR count). The Bertz CT molecular complexity index is 344. The topological polar surface area (TPSA) is 61.4 Å². The Kier molecular flexibility index (Phi) is 5.00. The van der Waals surface area contributed by atoms with Crippen LogP contribution in [0.1, 0.15) is 39.0 Å². The summed E-state index contributed by atoms with van der Waals surface area (Å²) >= 11 is 0. The van der Waals surface area contributed by atoms with Crippen LogP contribution in [-0.2, 0) is 10.2 Å². The number of nitrogens with one attached hydrogen (secondary N) is 2. The monoisotopic (exact) mass is 275 g/mol. The van der Waals surface area contributed by atoms with Gasteiger partial charge in [-0.25, -0.2) is 4.72 Å². The SMILES string of the molecule is CC1CCN(S(=O)(=O)NCC[C@@H]2CCCN2)CC1. The Labute approximate surface area is 110 Å². The lowest BCUT2D eigenvalue weighted by atomic mass is 10.0. The summed E-state index contributed by atoms with van der Waals surface area (Å²) in [5, 5.41) is 3.38. The van der Waals surface area contributed by atoms with Crippen LogP contribution in [0.25, 0.3) is 0 Å². The summed E-state index contributed by atoms with van der Waals surface area (Å²) in [6.45, 7) is 5.13. The summed E-state index contributed by atoms with van der Waals surface area (Å²) < 4.78 is 28.4. The summed E-state index contributed by atoms with van der Waals surface area (Å²) in [7, 11) is -3.24. The van der Waals surface area contributed by atoms with Crippen molar-refractivity contribution >= 4 is 10.2 Å². The quantitative estimate of drug-likeness (QED) is 0.776. The van der Waals surface area contributed by atoms with Gasteiger partial charge in [0.15, 0.2) is 0 Å². The van der Waals surface area contributed by atoms with Gasteiger partial charge in [-0.2, -0.15) is 12.7 Å². The summed E-state index contributed by atoms with van der Waals surface area (Å²) in [5.74, 6) is 0.652. The molecule has 1 atom stereocenters. The molecule has 0 saturated carbocycles. The van der Waals surface area contributed by atoms with E-state index in [9.17, 15) is 8.42 Å². The Morgan fingerprint density at radius 3 is 2.61 bits per heavy atom. The molecule has 2 heterocycles. The molecule has 18 heavy (non-hydrogen) atoms. The number of piperidine rings is 1. The summed E-state index contributed by atoms with van der Waals surface area (Å²) in [4.78, 5) is 0.